The highest BCUT2D eigenvalue weighted by Crippen LogP contribution is 2.44. The van der Waals surface area contributed by atoms with Gasteiger partial charge in [0.15, 0.2) is 11.6 Å². The minimum atomic E-state index is -1.51. The number of aliphatic hydroxyl groups is 1. The van der Waals surface area contributed by atoms with Gasteiger partial charge in [-0.05, 0) is 46.5 Å². The Labute approximate surface area is 290 Å². The Bertz CT molecular complexity index is 1810. The molecule has 0 radical (unpaired) electrons. The van der Waals surface area contributed by atoms with Crippen molar-refractivity contribution in [3.8, 4) is 23.0 Å². The number of hydrazine groups is 1. The summed E-state index contributed by atoms with van der Waals surface area (Å²) in [4.78, 5) is 22.7. The number of carbonyl (C=O) groups excluding carboxylic acids is 1. The summed E-state index contributed by atoms with van der Waals surface area (Å²) >= 11 is 0. The van der Waals surface area contributed by atoms with Gasteiger partial charge >= 0.3 is 0 Å². The van der Waals surface area contributed by atoms with E-state index in [-0.39, 0.29) is 32.0 Å². The average molecular weight is 681 g/mol. The summed E-state index contributed by atoms with van der Waals surface area (Å²) in [5.41, 5.74) is 17.1. The minimum absolute atomic E-state index is 0.0346. The third-order valence-electron chi connectivity index (χ3n) is 8.27. The third kappa shape index (κ3) is 8.09. The number of ether oxygens (including phenoxy) is 5. The van der Waals surface area contributed by atoms with Gasteiger partial charge in [0.05, 0.1) is 40.0 Å². The zero-order valence-electron chi connectivity index (χ0n) is 28.2. The summed E-state index contributed by atoms with van der Waals surface area (Å²) < 4.78 is 28.9. The van der Waals surface area contributed by atoms with Crippen molar-refractivity contribution in [1.82, 2.24) is 10.9 Å². The molecule has 1 heterocycles. The second-order valence-corrected chi connectivity index (χ2v) is 11.4. The average Bonchev–Trinajstić information content (AvgIpc) is 3.54. The molecular weight excluding hydrogens is 640 g/mol. The summed E-state index contributed by atoms with van der Waals surface area (Å²) in [6.07, 6.45) is -0.212. The lowest BCUT2D eigenvalue weighted by Gasteiger charge is -2.32. The first kappa shape index (κ1) is 35.6. The molecule has 3 N–H and O–H groups in total. The summed E-state index contributed by atoms with van der Waals surface area (Å²) in [5.74, 6) is 2.03. The number of hydrogen-bond donors (Lipinski definition) is 3. The number of aliphatic imine (C=N–C) groups is 1. The van der Waals surface area contributed by atoms with Gasteiger partial charge in [0.2, 0.25) is 5.90 Å². The van der Waals surface area contributed by atoms with E-state index in [2.05, 4.69) is 20.9 Å². The number of methoxy groups -OCH3 is 3. The van der Waals surface area contributed by atoms with E-state index >= 15 is 0 Å². The predicted octanol–water partition coefficient (Wildman–Crippen LogP) is 5.60. The zero-order chi connectivity index (χ0) is 35.3. The summed E-state index contributed by atoms with van der Waals surface area (Å²) in [6.45, 7) is 0.614. The number of hydrogen-bond acceptors (Lipinski definition) is 10. The van der Waals surface area contributed by atoms with Gasteiger partial charge < -0.3 is 28.8 Å². The van der Waals surface area contributed by atoms with E-state index in [1.54, 1.807) is 45.6 Å². The van der Waals surface area contributed by atoms with E-state index in [1.807, 2.05) is 66.7 Å². The van der Waals surface area contributed by atoms with Gasteiger partial charge in [-0.2, -0.15) is 0 Å². The highest BCUT2D eigenvalue weighted by molar-refractivity contribution is 6.01. The molecule has 5 rings (SSSR count). The largest absolute Gasteiger partial charge is 0.496 e. The van der Waals surface area contributed by atoms with Crippen molar-refractivity contribution in [3.05, 3.63) is 129 Å². The van der Waals surface area contributed by atoms with Gasteiger partial charge in [-0.3, -0.25) is 10.2 Å². The topological polar surface area (TPSA) is 169 Å². The molecule has 1 aliphatic rings. The predicted molar refractivity (Wildman–Crippen MR) is 187 cm³/mol. The van der Waals surface area contributed by atoms with E-state index in [9.17, 15) is 4.79 Å². The molecular formula is C37H40N6O7. The fourth-order valence-corrected chi connectivity index (χ4v) is 5.78. The number of rotatable bonds is 17. The number of benzene rings is 4. The van der Waals surface area contributed by atoms with Gasteiger partial charge in [-0.25, -0.2) is 10.4 Å². The van der Waals surface area contributed by atoms with Gasteiger partial charge in [0.25, 0.3) is 5.91 Å². The first-order chi connectivity index (χ1) is 24.5. The number of nitrogens with zero attached hydrogens (tertiary/aromatic N) is 4. The van der Waals surface area contributed by atoms with Crippen molar-refractivity contribution in [2.24, 2.45) is 10.1 Å². The van der Waals surface area contributed by atoms with Crippen LogP contribution >= 0.6 is 0 Å². The Morgan fingerprint density at radius 1 is 0.960 bits per heavy atom. The van der Waals surface area contributed by atoms with E-state index in [4.69, 9.17) is 39.3 Å². The molecule has 0 unspecified atom stereocenters. The number of azide groups is 1. The van der Waals surface area contributed by atoms with Crippen LogP contribution in [0.4, 0.5) is 0 Å². The third-order valence-corrected chi connectivity index (χ3v) is 8.27. The van der Waals surface area contributed by atoms with Crippen LogP contribution in [0.1, 0.15) is 40.3 Å². The molecule has 4 aromatic rings. The van der Waals surface area contributed by atoms with Crippen molar-refractivity contribution >= 4 is 11.8 Å². The first-order valence-electron chi connectivity index (χ1n) is 16.0. The molecule has 0 spiro atoms. The van der Waals surface area contributed by atoms with E-state index in [1.165, 1.54) is 0 Å². The fraction of sp³-hybridized carbons (Fsp3) is 0.297. The Hall–Kier alpha value is -5.75. The Kier molecular flexibility index (Phi) is 12.1. The van der Waals surface area contributed by atoms with Crippen LogP contribution in [0.15, 0.2) is 101 Å². The smallest absolute Gasteiger partial charge is 0.266 e. The maximum absolute atomic E-state index is 14.7. The van der Waals surface area contributed by atoms with Crippen LogP contribution in [0, 0.1) is 0 Å². The van der Waals surface area contributed by atoms with Crippen LogP contribution in [0.25, 0.3) is 10.4 Å². The summed E-state index contributed by atoms with van der Waals surface area (Å²) in [6, 6.07) is 27.7. The second-order valence-electron chi connectivity index (χ2n) is 11.4. The maximum atomic E-state index is 14.7. The summed E-state index contributed by atoms with van der Waals surface area (Å²) in [7, 11) is 4.65. The van der Waals surface area contributed by atoms with Crippen LogP contribution in [-0.2, 0) is 29.0 Å². The monoisotopic (exact) mass is 680 g/mol. The van der Waals surface area contributed by atoms with Crippen molar-refractivity contribution in [1.29, 1.82) is 0 Å². The molecule has 50 heavy (non-hydrogen) atoms. The lowest BCUT2D eigenvalue weighted by Crippen LogP contribution is -2.53. The molecule has 1 amide bonds. The first-order valence-corrected chi connectivity index (χ1v) is 16.0. The molecule has 260 valence electrons. The minimum Gasteiger partial charge on any atom is -0.496 e. The highest BCUT2D eigenvalue weighted by Gasteiger charge is 2.54. The normalized spacial score (nSPS) is 16.4. The molecule has 13 nitrogen and oxygen atoms in total. The fourth-order valence-electron chi connectivity index (χ4n) is 5.78. The quantitative estimate of drug-likeness (QED) is 0.0426. The van der Waals surface area contributed by atoms with Crippen LogP contribution in [0.2, 0.25) is 0 Å². The number of carbonyl (C=O) groups is 1. The number of nitrogens with one attached hydrogen (secondary N) is 2. The number of amides is 1. The van der Waals surface area contributed by atoms with Crippen LogP contribution in [-0.4, -0.2) is 57.0 Å². The van der Waals surface area contributed by atoms with Crippen molar-refractivity contribution < 1.29 is 33.6 Å². The van der Waals surface area contributed by atoms with Crippen LogP contribution < -0.4 is 29.8 Å². The van der Waals surface area contributed by atoms with Crippen LogP contribution in [0.5, 0.6) is 23.0 Å². The van der Waals surface area contributed by atoms with Crippen LogP contribution in [0.3, 0.4) is 0 Å². The molecule has 4 aromatic carbocycles. The van der Waals surface area contributed by atoms with Crippen molar-refractivity contribution in [2.45, 2.75) is 37.6 Å². The van der Waals surface area contributed by atoms with E-state index < -0.39 is 17.6 Å². The Balaban J connectivity index is 1.56. The van der Waals surface area contributed by atoms with Gasteiger partial charge in [-0.1, -0.05) is 59.7 Å². The lowest BCUT2D eigenvalue weighted by atomic mass is 9.81. The SMILES string of the molecule is COc1cc(OC)c(CNNC(=O)[C@@]2(Cc3ccccc3)N=C(c3ccc(OCCCO)cc3)O[C@H]2c2ccccc2CN=[N+]=[N-])c(OC)c1. The molecule has 0 saturated heterocycles. The molecule has 0 saturated carbocycles. The molecule has 0 bridgehead atoms. The standard InChI is InChI=1S/C37H40N6O7/c1-46-29-20-32(47-2)31(33(21-29)48-3)24-39-42-36(45)37(22-25-10-5-4-6-11-25)34(30-13-8-7-12-27(30)23-40-43-38)50-35(41-37)26-14-16-28(17-15-26)49-19-9-18-44/h4-8,10-17,20-21,34,39,44H,9,18-19,22-24H2,1-3H3,(H,42,45)/t34-,37-/m0/s1. The van der Waals surface area contributed by atoms with Crippen molar-refractivity contribution in [2.75, 3.05) is 34.5 Å². The molecule has 0 aromatic heterocycles. The Morgan fingerprint density at radius 3 is 2.32 bits per heavy atom. The van der Waals surface area contributed by atoms with Crippen molar-refractivity contribution in [3.63, 3.8) is 0 Å². The lowest BCUT2D eigenvalue weighted by molar-refractivity contribution is -0.130. The van der Waals surface area contributed by atoms with Gasteiger partial charge in [-0.15, -0.1) is 0 Å². The highest BCUT2D eigenvalue weighted by atomic mass is 16.5. The van der Waals surface area contributed by atoms with Gasteiger partial charge in [0, 0.05) is 48.6 Å². The zero-order valence-corrected chi connectivity index (χ0v) is 28.2. The molecule has 13 heteroatoms. The second kappa shape index (κ2) is 17.1. The van der Waals surface area contributed by atoms with Gasteiger partial charge in [0.1, 0.15) is 23.0 Å². The molecule has 1 aliphatic heterocycles. The Morgan fingerprint density at radius 2 is 1.66 bits per heavy atom. The summed E-state index contributed by atoms with van der Waals surface area (Å²) in [5, 5.41) is 12.9. The number of aliphatic hydroxyl groups excluding tert-OH is 1. The molecule has 2 atom stereocenters. The van der Waals surface area contributed by atoms with E-state index in [0.29, 0.717) is 58.3 Å². The van der Waals surface area contributed by atoms with E-state index in [0.717, 1.165) is 5.56 Å². The molecule has 0 aliphatic carbocycles. The molecule has 0 fully saturated rings. The maximum Gasteiger partial charge on any atom is 0.266 e.